The van der Waals surface area contributed by atoms with Crippen LogP contribution in [0.15, 0.2) is 30.3 Å². The van der Waals surface area contributed by atoms with E-state index in [0.29, 0.717) is 12.6 Å². The Balaban J connectivity index is 1.95. The number of methoxy groups -OCH3 is 1. The largest absolute Gasteiger partial charge is 0.468 e. The van der Waals surface area contributed by atoms with Crippen LogP contribution in [0.5, 0.6) is 0 Å². The molecule has 4 heteroatoms. The molecule has 0 spiro atoms. The average Bonchev–Trinajstić information content (AvgIpc) is 2.48. The molecule has 1 unspecified atom stereocenters. The van der Waals surface area contributed by atoms with E-state index in [1.165, 1.54) is 12.8 Å². The first kappa shape index (κ1) is 13.9. The summed E-state index contributed by atoms with van der Waals surface area (Å²) in [6.07, 6.45) is 2.29. The minimum atomic E-state index is -0.167. The van der Waals surface area contributed by atoms with Gasteiger partial charge in [-0.25, -0.2) is 0 Å². The van der Waals surface area contributed by atoms with Crippen LogP contribution >= 0.6 is 0 Å². The number of carbonyl (C=O) groups excluding carboxylic acids is 1. The van der Waals surface area contributed by atoms with E-state index in [0.717, 1.165) is 25.9 Å². The van der Waals surface area contributed by atoms with Crippen molar-refractivity contribution in [3.05, 3.63) is 30.3 Å². The molecule has 1 aliphatic heterocycles. The number of hydrogen-bond donors (Lipinski definition) is 0. The topological polar surface area (TPSA) is 32.8 Å². The van der Waals surface area contributed by atoms with E-state index < -0.39 is 0 Å². The normalized spacial score (nSPS) is 19.5. The van der Waals surface area contributed by atoms with Gasteiger partial charge in [0.1, 0.15) is 0 Å². The molecular weight excluding hydrogens is 240 g/mol. The van der Waals surface area contributed by atoms with Gasteiger partial charge in [0.15, 0.2) is 0 Å². The Morgan fingerprint density at radius 1 is 1.42 bits per heavy atom. The standard InChI is InChI=1S/C15H22N2O2/c1-16(12-15(18)19-2)14-9-6-10-17(11-14)13-7-4-3-5-8-13/h3-5,7-8,14H,6,9-12H2,1-2H3. The molecule has 104 valence electrons. The monoisotopic (exact) mass is 262 g/mol. The van der Waals surface area contributed by atoms with Gasteiger partial charge in [-0.15, -0.1) is 0 Å². The molecule has 1 atom stereocenters. The molecule has 0 saturated carbocycles. The number of piperidine rings is 1. The van der Waals surface area contributed by atoms with Crippen LogP contribution in [-0.4, -0.2) is 50.7 Å². The van der Waals surface area contributed by atoms with E-state index in [9.17, 15) is 4.79 Å². The number of carbonyl (C=O) groups is 1. The highest BCUT2D eigenvalue weighted by Crippen LogP contribution is 2.21. The summed E-state index contributed by atoms with van der Waals surface area (Å²) in [5.41, 5.74) is 1.26. The van der Waals surface area contributed by atoms with Crippen molar-refractivity contribution in [1.82, 2.24) is 4.90 Å². The van der Waals surface area contributed by atoms with Gasteiger partial charge in [-0.3, -0.25) is 9.69 Å². The first-order valence-electron chi connectivity index (χ1n) is 6.77. The highest BCUT2D eigenvalue weighted by molar-refractivity contribution is 5.71. The summed E-state index contributed by atoms with van der Waals surface area (Å²) in [5.74, 6) is -0.167. The molecule has 19 heavy (non-hydrogen) atoms. The molecule has 0 radical (unpaired) electrons. The third-order valence-electron chi connectivity index (χ3n) is 3.75. The van der Waals surface area contributed by atoms with Gasteiger partial charge < -0.3 is 9.64 Å². The average molecular weight is 262 g/mol. The Morgan fingerprint density at radius 3 is 2.84 bits per heavy atom. The maximum absolute atomic E-state index is 11.3. The van der Waals surface area contributed by atoms with E-state index in [1.54, 1.807) is 0 Å². The highest BCUT2D eigenvalue weighted by Gasteiger charge is 2.24. The number of esters is 1. The van der Waals surface area contributed by atoms with E-state index >= 15 is 0 Å². The molecule has 1 aromatic carbocycles. The lowest BCUT2D eigenvalue weighted by atomic mass is 10.0. The zero-order valence-corrected chi connectivity index (χ0v) is 11.7. The molecule has 0 amide bonds. The highest BCUT2D eigenvalue weighted by atomic mass is 16.5. The van der Waals surface area contributed by atoms with Crippen molar-refractivity contribution in [2.75, 3.05) is 38.7 Å². The van der Waals surface area contributed by atoms with E-state index in [2.05, 4.69) is 34.1 Å². The predicted octanol–water partition coefficient (Wildman–Crippen LogP) is 1.76. The van der Waals surface area contributed by atoms with Gasteiger partial charge in [0.2, 0.25) is 0 Å². The molecule has 4 nitrogen and oxygen atoms in total. The van der Waals surface area contributed by atoms with Crippen LogP contribution in [0, 0.1) is 0 Å². The number of nitrogens with zero attached hydrogens (tertiary/aromatic N) is 2. The summed E-state index contributed by atoms with van der Waals surface area (Å²) in [6.45, 7) is 2.42. The van der Waals surface area contributed by atoms with Gasteiger partial charge in [0, 0.05) is 24.8 Å². The van der Waals surface area contributed by atoms with Crippen molar-refractivity contribution in [3.63, 3.8) is 0 Å². The van der Waals surface area contributed by atoms with Crippen molar-refractivity contribution in [1.29, 1.82) is 0 Å². The van der Waals surface area contributed by atoms with E-state index in [4.69, 9.17) is 4.74 Å². The molecule has 0 N–H and O–H groups in total. The van der Waals surface area contributed by atoms with Gasteiger partial charge >= 0.3 is 5.97 Å². The predicted molar refractivity (Wildman–Crippen MR) is 76.3 cm³/mol. The number of benzene rings is 1. The summed E-state index contributed by atoms with van der Waals surface area (Å²) < 4.78 is 4.73. The zero-order valence-electron chi connectivity index (χ0n) is 11.7. The first-order chi connectivity index (χ1) is 9.20. The van der Waals surface area contributed by atoms with Crippen molar-refractivity contribution in [3.8, 4) is 0 Å². The fraction of sp³-hybridized carbons (Fsp3) is 0.533. The minimum Gasteiger partial charge on any atom is -0.468 e. The summed E-state index contributed by atoms with van der Waals surface area (Å²) in [5, 5.41) is 0. The molecule has 1 aromatic rings. The van der Waals surface area contributed by atoms with Gasteiger partial charge in [-0.05, 0) is 32.0 Å². The van der Waals surface area contributed by atoms with Crippen molar-refractivity contribution in [2.24, 2.45) is 0 Å². The zero-order chi connectivity index (χ0) is 13.7. The Hall–Kier alpha value is -1.55. The quantitative estimate of drug-likeness (QED) is 0.774. The fourth-order valence-electron chi connectivity index (χ4n) is 2.59. The van der Waals surface area contributed by atoms with Crippen LogP contribution in [0.1, 0.15) is 12.8 Å². The fourth-order valence-corrected chi connectivity index (χ4v) is 2.59. The maximum atomic E-state index is 11.3. The van der Waals surface area contributed by atoms with Crippen LogP contribution in [0.3, 0.4) is 0 Å². The number of anilines is 1. The minimum absolute atomic E-state index is 0.167. The summed E-state index contributed by atoms with van der Waals surface area (Å²) >= 11 is 0. The van der Waals surface area contributed by atoms with Gasteiger partial charge in [-0.1, -0.05) is 18.2 Å². The molecule has 0 aliphatic carbocycles. The molecule has 0 aromatic heterocycles. The third kappa shape index (κ3) is 3.70. The third-order valence-corrected chi connectivity index (χ3v) is 3.75. The molecule has 2 rings (SSSR count). The van der Waals surface area contributed by atoms with Crippen molar-refractivity contribution >= 4 is 11.7 Å². The first-order valence-corrected chi connectivity index (χ1v) is 6.77. The molecule has 1 aliphatic rings. The maximum Gasteiger partial charge on any atom is 0.319 e. The molecule has 1 heterocycles. The molecule has 1 fully saturated rings. The number of ether oxygens (including phenoxy) is 1. The second kappa shape index (κ2) is 6.57. The SMILES string of the molecule is COC(=O)CN(C)C1CCCN(c2ccccc2)C1. The number of para-hydroxylation sites is 1. The smallest absolute Gasteiger partial charge is 0.319 e. The lowest BCUT2D eigenvalue weighted by Crippen LogP contribution is -2.48. The van der Waals surface area contributed by atoms with Crippen LogP contribution < -0.4 is 4.90 Å². The Morgan fingerprint density at radius 2 is 2.16 bits per heavy atom. The summed E-state index contributed by atoms with van der Waals surface area (Å²) in [4.78, 5) is 15.8. The Bertz CT molecular complexity index is 408. The number of hydrogen-bond acceptors (Lipinski definition) is 4. The lowest BCUT2D eigenvalue weighted by molar-refractivity contribution is -0.142. The van der Waals surface area contributed by atoms with Crippen LogP contribution in [0.4, 0.5) is 5.69 Å². The van der Waals surface area contributed by atoms with Crippen molar-refractivity contribution in [2.45, 2.75) is 18.9 Å². The lowest BCUT2D eigenvalue weighted by Gasteiger charge is -2.38. The molecular formula is C15H22N2O2. The van der Waals surface area contributed by atoms with E-state index in [-0.39, 0.29) is 5.97 Å². The van der Waals surface area contributed by atoms with Crippen LogP contribution in [0.25, 0.3) is 0 Å². The Labute approximate surface area is 115 Å². The molecule has 0 bridgehead atoms. The van der Waals surface area contributed by atoms with E-state index in [1.807, 2.05) is 13.1 Å². The Kier molecular flexibility index (Phi) is 4.80. The number of rotatable bonds is 4. The van der Waals surface area contributed by atoms with Gasteiger partial charge in [0.25, 0.3) is 0 Å². The second-order valence-corrected chi connectivity index (χ2v) is 5.07. The molecule has 1 saturated heterocycles. The second-order valence-electron chi connectivity index (χ2n) is 5.07. The van der Waals surface area contributed by atoms with Gasteiger partial charge in [0.05, 0.1) is 13.7 Å². The summed E-state index contributed by atoms with van der Waals surface area (Å²) in [6, 6.07) is 10.9. The number of likely N-dealkylation sites (N-methyl/N-ethyl adjacent to an activating group) is 1. The van der Waals surface area contributed by atoms with Crippen LogP contribution in [-0.2, 0) is 9.53 Å². The van der Waals surface area contributed by atoms with Crippen LogP contribution in [0.2, 0.25) is 0 Å². The van der Waals surface area contributed by atoms with Gasteiger partial charge in [-0.2, -0.15) is 0 Å². The van der Waals surface area contributed by atoms with Crippen molar-refractivity contribution < 1.29 is 9.53 Å². The summed E-state index contributed by atoms with van der Waals surface area (Å²) in [7, 11) is 3.43.